The summed E-state index contributed by atoms with van der Waals surface area (Å²) in [7, 11) is 3.46. The molecule has 0 radical (unpaired) electrons. The molecular weight excluding hydrogens is 280 g/mol. The summed E-state index contributed by atoms with van der Waals surface area (Å²) < 4.78 is 10.3. The van der Waals surface area contributed by atoms with Gasteiger partial charge in [-0.3, -0.25) is 4.99 Å². The van der Waals surface area contributed by atoms with E-state index in [1.54, 1.807) is 14.2 Å². The number of methoxy groups -OCH3 is 1. The number of nitrogens with zero attached hydrogens (tertiary/aromatic N) is 1. The molecule has 1 aromatic carbocycles. The van der Waals surface area contributed by atoms with Crippen molar-refractivity contribution in [2.75, 3.05) is 52.4 Å². The fraction of sp³-hybridized carbons (Fsp3) is 0.562. The van der Waals surface area contributed by atoms with Crippen LogP contribution in [0.4, 0.5) is 5.69 Å². The lowest BCUT2D eigenvalue weighted by molar-refractivity contribution is 0.152. The van der Waals surface area contributed by atoms with Gasteiger partial charge in [-0.2, -0.15) is 0 Å². The van der Waals surface area contributed by atoms with Crippen molar-refractivity contribution in [2.45, 2.75) is 13.5 Å². The van der Waals surface area contributed by atoms with E-state index in [9.17, 15) is 0 Å². The molecule has 0 atom stereocenters. The summed E-state index contributed by atoms with van der Waals surface area (Å²) in [5.74, 6) is 0.780. The summed E-state index contributed by atoms with van der Waals surface area (Å²) in [5.41, 5.74) is 2.30. The summed E-state index contributed by atoms with van der Waals surface area (Å²) in [5, 5.41) is 9.78. The van der Waals surface area contributed by atoms with E-state index in [0.29, 0.717) is 13.2 Å². The second-order valence-electron chi connectivity index (χ2n) is 4.67. The van der Waals surface area contributed by atoms with Gasteiger partial charge in [0.25, 0.3) is 0 Å². The van der Waals surface area contributed by atoms with Gasteiger partial charge in [0.1, 0.15) is 0 Å². The van der Waals surface area contributed by atoms with Crippen LogP contribution in [0.5, 0.6) is 0 Å². The predicted octanol–water partition coefficient (Wildman–Crippen LogP) is 1.45. The highest BCUT2D eigenvalue weighted by molar-refractivity contribution is 5.79. The first-order valence-corrected chi connectivity index (χ1v) is 7.64. The van der Waals surface area contributed by atoms with Gasteiger partial charge in [0.2, 0.25) is 0 Å². The second kappa shape index (κ2) is 11.8. The Morgan fingerprint density at radius 3 is 2.50 bits per heavy atom. The van der Waals surface area contributed by atoms with Crippen LogP contribution >= 0.6 is 0 Å². The number of hydrogen-bond donors (Lipinski definition) is 3. The molecule has 0 unspecified atom stereocenters. The Kier molecular flexibility index (Phi) is 9.81. The van der Waals surface area contributed by atoms with Gasteiger partial charge < -0.3 is 25.4 Å². The molecule has 1 rings (SSSR count). The molecule has 0 saturated heterocycles. The fourth-order valence-electron chi connectivity index (χ4n) is 1.83. The van der Waals surface area contributed by atoms with Crippen LogP contribution in [0.1, 0.15) is 12.5 Å². The Morgan fingerprint density at radius 2 is 1.86 bits per heavy atom. The van der Waals surface area contributed by atoms with Gasteiger partial charge in [-0.25, -0.2) is 0 Å². The van der Waals surface area contributed by atoms with Gasteiger partial charge in [-0.1, -0.05) is 12.1 Å². The van der Waals surface area contributed by atoms with E-state index in [-0.39, 0.29) is 0 Å². The zero-order chi connectivity index (χ0) is 16.0. The lowest BCUT2D eigenvalue weighted by atomic mass is 10.2. The average Bonchev–Trinajstić information content (AvgIpc) is 2.56. The maximum atomic E-state index is 5.28. The minimum atomic E-state index is 0.680. The van der Waals surface area contributed by atoms with Gasteiger partial charge in [-0.15, -0.1) is 0 Å². The summed E-state index contributed by atoms with van der Waals surface area (Å²) >= 11 is 0. The maximum Gasteiger partial charge on any atom is 0.191 e. The van der Waals surface area contributed by atoms with Crippen LogP contribution in [0.25, 0.3) is 0 Å². The van der Waals surface area contributed by atoms with Crippen LogP contribution in [0.15, 0.2) is 29.3 Å². The molecule has 0 spiro atoms. The van der Waals surface area contributed by atoms with Crippen LogP contribution < -0.4 is 16.0 Å². The van der Waals surface area contributed by atoms with E-state index in [0.717, 1.165) is 37.9 Å². The zero-order valence-electron chi connectivity index (χ0n) is 13.8. The number of nitrogens with one attached hydrogen (secondary N) is 3. The molecule has 0 aliphatic heterocycles. The molecule has 0 fully saturated rings. The number of hydrogen-bond acceptors (Lipinski definition) is 4. The highest BCUT2D eigenvalue weighted by Gasteiger charge is 1.98. The largest absolute Gasteiger partial charge is 0.383 e. The fourth-order valence-corrected chi connectivity index (χ4v) is 1.83. The Labute approximate surface area is 133 Å². The molecule has 3 N–H and O–H groups in total. The van der Waals surface area contributed by atoms with Crippen molar-refractivity contribution in [3.63, 3.8) is 0 Å². The van der Waals surface area contributed by atoms with Crippen LogP contribution in [0.3, 0.4) is 0 Å². The minimum Gasteiger partial charge on any atom is -0.383 e. The highest BCUT2D eigenvalue weighted by atomic mass is 16.5. The van der Waals surface area contributed by atoms with Crippen LogP contribution in [-0.2, 0) is 16.0 Å². The zero-order valence-corrected chi connectivity index (χ0v) is 13.8. The molecule has 6 nitrogen and oxygen atoms in total. The molecule has 6 heteroatoms. The molecule has 0 amide bonds. The first kappa shape index (κ1) is 18.3. The summed E-state index contributed by atoms with van der Waals surface area (Å²) in [6, 6.07) is 8.32. The summed E-state index contributed by atoms with van der Waals surface area (Å²) in [4.78, 5) is 4.18. The molecule has 124 valence electrons. The number of rotatable bonds is 10. The number of benzene rings is 1. The molecule has 0 aliphatic carbocycles. The first-order valence-electron chi connectivity index (χ1n) is 7.64. The van der Waals surface area contributed by atoms with Gasteiger partial charge in [0.05, 0.1) is 13.2 Å². The van der Waals surface area contributed by atoms with Crippen molar-refractivity contribution in [1.82, 2.24) is 10.6 Å². The molecule has 0 bridgehead atoms. The van der Waals surface area contributed by atoms with Crippen molar-refractivity contribution in [3.05, 3.63) is 29.8 Å². The second-order valence-corrected chi connectivity index (χ2v) is 4.67. The molecule has 0 saturated carbocycles. The molecule has 0 aliphatic rings. The van der Waals surface area contributed by atoms with E-state index in [1.165, 1.54) is 5.56 Å². The number of aliphatic imine (C=N–C) groups is 1. The van der Waals surface area contributed by atoms with E-state index < -0.39 is 0 Å². The number of ether oxygens (including phenoxy) is 2. The predicted molar refractivity (Wildman–Crippen MR) is 91.5 cm³/mol. The van der Waals surface area contributed by atoms with Crippen molar-refractivity contribution in [2.24, 2.45) is 4.99 Å². The Balaban J connectivity index is 2.30. The SMILES string of the molecule is CCOCCNC(=NC)NCc1ccc(NCCOC)cc1. The third-order valence-electron chi connectivity index (χ3n) is 3.02. The third-order valence-corrected chi connectivity index (χ3v) is 3.02. The van der Waals surface area contributed by atoms with Crippen LogP contribution in [0, 0.1) is 0 Å². The average molecular weight is 308 g/mol. The monoisotopic (exact) mass is 308 g/mol. The van der Waals surface area contributed by atoms with E-state index in [2.05, 4.69) is 45.2 Å². The van der Waals surface area contributed by atoms with Crippen LogP contribution in [-0.4, -0.2) is 53.0 Å². The molecular formula is C16H28N4O2. The van der Waals surface area contributed by atoms with Gasteiger partial charge in [0, 0.05) is 46.1 Å². The van der Waals surface area contributed by atoms with Crippen molar-refractivity contribution >= 4 is 11.6 Å². The van der Waals surface area contributed by atoms with Gasteiger partial charge in [0.15, 0.2) is 5.96 Å². The van der Waals surface area contributed by atoms with E-state index in [1.807, 2.05) is 6.92 Å². The van der Waals surface area contributed by atoms with Crippen molar-refractivity contribution < 1.29 is 9.47 Å². The smallest absolute Gasteiger partial charge is 0.191 e. The van der Waals surface area contributed by atoms with E-state index in [4.69, 9.17) is 9.47 Å². The lowest BCUT2D eigenvalue weighted by Gasteiger charge is -2.12. The lowest BCUT2D eigenvalue weighted by Crippen LogP contribution is -2.38. The maximum absolute atomic E-state index is 5.28. The molecule has 0 aromatic heterocycles. The number of guanidine groups is 1. The minimum absolute atomic E-state index is 0.680. The molecule has 22 heavy (non-hydrogen) atoms. The normalized spacial score (nSPS) is 11.3. The van der Waals surface area contributed by atoms with Crippen LogP contribution in [0.2, 0.25) is 0 Å². The van der Waals surface area contributed by atoms with Crippen molar-refractivity contribution in [3.8, 4) is 0 Å². The Bertz CT molecular complexity index is 421. The quantitative estimate of drug-likeness (QED) is 0.347. The summed E-state index contributed by atoms with van der Waals surface area (Å²) in [6.45, 7) is 6.39. The summed E-state index contributed by atoms with van der Waals surface area (Å²) in [6.07, 6.45) is 0. The van der Waals surface area contributed by atoms with E-state index >= 15 is 0 Å². The highest BCUT2D eigenvalue weighted by Crippen LogP contribution is 2.08. The molecule has 0 heterocycles. The number of anilines is 1. The topological polar surface area (TPSA) is 66.9 Å². The van der Waals surface area contributed by atoms with Gasteiger partial charge in [-0.05, 0) is 24.6 Å². The van der Waals surface area contributed by atoms with Crippen molar-refractivity contribution in [1.29, 1.82) is 0 Å². The van der Waals surface area contributed by atoms with Gasteiger partial charge >= 0.3 is 0 Å². The Hall–Kier alpha value is -1.79. The standard InChI is InChI=1S/C16H28N4O2/c1-4-22-12-10-19-16(17-2)20-13-14-5-7-15(8-6-14)18-9-11-21-3/h5-8,18H,4,9-13H2,1-3H3,(H2,17,19,20). The first-order chi connectivity index (χ1) is 10.8. The molecule has 1 aromatic rings. The third kappa shape index (κ3) is 7.85. The Morgan fingerprint density at radius 1 is 1.09 bits per heavy atom.